The molecule has 0 aliphatic carbocycles. The molecule has 0 unspecified atom stereocenters. The molecule has 0 spiro atoms. The Morgan fingerprint density at radius 1 is 1.18 bits per heavy atom. The Hall–Kier alpha value is -2.36. The third-order valence-corrected chi connectivity index (χ3v) is 3.60. The molecule has 4 nitrogen and oxygen atoms in total. The highest BCUT2D eigenvalue weighted by Gasteiger charge is 2.09. The first-order chi connectivity index (χ1) is 10.6. The van der Waals surface area contributed by atoms with Crippen molar-refractivity contribution in [2.24, 2.45) is 0 Å². The van der Waals surface area contributed by atoms with Gasteiger partial charge >= 0.3 is 6.03 Å². The molecule has 4 heteroatoms. The number of rotatable bonds is 5. The molecular weight excluding hydrogens is 274 g/mol. The third-order valence-electron chi connectivity index (χ3n) is 3.60. The first-order valence-corrected chi connectivity index (χ1v) is 7.58. The van der Waals surface area contributed by atoms with Gasteiger partial charge in [-0.1, -0.05) is 32.0 Å². The van der Waals surface area contributed by atoms with Crippen LogP contribution in [0.2, 0.25) is 0 Å². The first kappa shape index (κ1) is 16.0. The van der Waals surface area contributed by atoms with Crippen LogP contribution < -0.4 is 5.32 Å². The molecule has 1 heterocycles. The van der Waals surface area contributed by atoms with Gasteiger partial charge in [-0.2, -0.15) is 0 Å². The normalized spacial score (nSPS) is 10.5. The molecule has 0 radical (unpaired) electrons. The van der Waals surface area contributed by atoms with Crippen LogP contribution in [0.3, 0.4) is 0 Å². The van der Waals surface area contributed by atoms with E-state index in [4.69, 9.17) is 0 Å². The van der Waals surface area contributed by atoms with Crippen LogP contribution >= 0.6 is 0 Å². The number of carbonyl (C=O) groups is 1. The van der Waals surface area contributed by atoms with Crippen molar-refractivity contribution in [2.45, 2.75) is 26.2 Å². The van der Waals surface area contributed by atoms with E-state index in [1.807, 2.05) is 42.5 Å². The summed E-state index contributed by atoms with van der Waals surface area (Å²) in [5.41, 5.74) is 3.07. The van der Waals surface area contributed by atoms with E-state index in [9.17, 15) is 4.79 Å². The van der Waals surface area contributed by atoms with Crippen molar-refractivity contribution in [3.05, 3.63) is 59.9 Å². The Labute approximate surface area is 132 Å². The van der Waals surface area contributed by atoms with Crippen molar-refractivity contribution in [2.75, 3.05) is 18.9 Å². The van der Waals surface area contributed by atoms with Gasteiger partial charge in [-0.15, -0.1) is 0 Å². The van der Waals surface area contributed by atoms with Gasteiger partial charge in [0.05, 0.1) is 0 Å². The molecule has 2 rings (SSSR count). The topological polar surface area (TPSA) is 45.2 Å². The van der Waals surface area contributed by atoms with E-state index in [0.29, 0.717) is 12.5 Å². The molecule has 2 amide bonds. The van der Waals surface area contributed by atoms with Gasteiger partial charge in [0.2, 0.25) is 0 Å². The van der Waals surface area contributed by atoms with Gasteiger partial charge in [0.1, 0.15) is 0 Å². The minimum atomic E-state index is -0.103. The zero-order chi connectivity index (χ0) is 15.9. The molecule has 116 valence electrons. The summed E-state index contributed by atoms with van der Waals surface area (Å²) in [4.78, 5) is 18.1. The largest absolute Gasteiger partial charge is 0.327 e. The second-order valence-electron chi connectivity index (χ2n) is 5.70. The zero-order valence-corrected chi connectivity index (χ0v) is 13.4. The maximum atomic E-state index is 12.1. The minimum Gasteiger partial charge on any atom is -0.327 e. The molecule has 22 heavy (non-hydrogen) atoms. The molecule has 1 N–H and O–H groups in total. The van der Waals surface area contributed by atoms with Crippen LogP contribution in [0.15, 0.2) is 48.7 Å². The summed E-state index contributed by atoms with van der Waals surface area (Å²) in [5, 5.41) is 2.91. The van der Waals surface area contributed by atoms with Gasteiger partial charge in [0.25, 0.3) is 0 Å². The maximum absolute atomic E-state index is 12.1. The summed E-state index contributed by atoms with van der Waals surface area (Å²) in [5.74, 6) is 0.491. The summed E-state index contributed by atoms with van der Waals surface area (Å²) in [6, 6.07) is 13.7. The van der Waals surface area contributed by atoms with Crippen LogP contribution in [-0.4, -0.2) is 29.5 Å². The predicted molar refractivity (Wildman–Crippen MR) is 90.1 cm³/mol. The molecular formula is C18H23N3O. The van der Waals surface area contributed by atoms with Gasteiger partial charge in [0.15, 0.2) is 0 Å². The molecule has 0 atom stereocenters. The van der Waals surface area contributed by atoms with Crippen molar-refractivity contribution >= 4 is 11.7 Å². The molecule has 0 saturated carbocycles. The molecule has 0 aliphatic heterocycles. The third kappa shape index (κ3) is 4.58. The van der Waals surface area contributed by atoms with E-state index in [1.54, 1.807) is 18.1 Å². The van der Waals surface area contributed by atoms with Crippen LogP contribution in [0.5, 0.6) is 0 Å². The van der Waals surface area contributed by atoms with Gasteiger partial charge in [-0.3, -0.25) is 4.98 Å². The van der Waals surface area contributed by atoms with Crippen molar-refractivity contribution in [3.63, 3.8) is 0 Å². The number of hydrogen-bond acceptors (Lipinski definition) is 2. The molecule has 0 saturated heterocycles. The van der Waals surface area contributed by atoms with Crippen LogP contribution in [0.25, 0.3) is 0 Å². The van der Waals surface area contributed by atoms with E-state index >= 15 is 0 Å². The second kappa shape index (κ2) is 7.59. The number of carbonyl (C=O) groups excluding carboxylic acids is 1. The second-order valence-corrected chi connectivity index (χ2v) is 5.70. The lowest BCUT2D eigenvalue weighted by molar-refractivity contribution is 0.223. The number of likely N-dealkylation sites (N-methyl/N-ethyl adjacent to an activating group) is 1. The highest BCUT2D eigenvalue weighted by Crippen LogP contribution is 2.17. The number of nitrogens with zero attached hydrogens (tertiary/aromatic N) is 2. The van der Waals surface area contributed by atoms with E-state index in [0.717, 1.165) is 17.8 Å². The first-order valence-electron chi connectivity index (χ1n) is 7.58. The SMILES string of the molecule is CC(C)c1ccc(NC(=O)N(C)CCc2ccccn2)cc1. The minimum absolute atomic E-state index is 0.103. The molecule has 1 aromatic heterocycles. The van der Waals surface area contributed by atoms with E-state index < -0.39 is 0 Å². The number of pyridine rings is 1. The molecule has 0 bridgehead atoms. The number of amides is 2. The Balaban J connectivity index is 1.85. The monoisotopic (exact) mass is 297 g/mol. The Kier molecular flexibility index (Phi) is 5.53. The quantitative estimate of drug-likeness (QED) is 0.909. The number of aromatic nitrogens is 1. The lowest BCUT2D eigenvalue weighted by Crippen LogP contribution is -2.33. The summed E-state index contributed by atoms with van der Waals surface area (Å²) in [6.07, 6.45) is 2.52. The van der Waals surface area contributed by atoms with Crippen LogP contribution in [0.4, 0.5) is 10.5 Å². The summed E-state index contributed by atoms with van der Waals surface area (Å²) >= 11 is 0. The molecule has 1 aromatic carbocycles. The Morgan fingerprint density at radius 3 is 2.50 bits per heavy atom. The average molecular weight is 297 g/mol. The summed E-state index contributed by atoms with van der Waals surface area (Å²) < 4.78 is 0. The van der Waals surface area contributed by atoms with Crippen molar-refractivity contribution in [1.29, 1.82) is 0 Å². The predicted octanol–water partition coefficient (Wildman–Crippen LogP) is 3.91. The van der Waals surface area contributed by atoms with Crippen molar-refractivity contribution < 1.29 is 4.79 Å². The molecule has 2 aromatic rings. The number of benzene rings is 1. The molecule has 0 aliphatic rings. The van der Waals surface area contributed by atoms with E-state index in [-0.39, 0.29) is 6.03 Å². The van der Waals surface area contributed by atoms with Crippen LogP contribution in [0.1, 0.15) is 31.0 Å². The fourth-order valence-electron chi connectivity index (χ4n) is 2.10. The highest BCUT2D eigenvalue weighted by molar-refractivity contribution is 5.89. The van der Waals surface area contributed by atoms with Gasteiger partial charge in [0, 0.05) is 37.6 Å². The summed E-state index contributed by atoms with van der Waals surface area (Å²) in [7, 11) is 1.79. The van der Waals surface area contributed by atoms with Crippen LogP contribution in [-0.2, 0) is 6.42 Å². The number of hydrogen-bond donors (Lipinski definition) is 1. The highest BCUT2D eigenvalue weighted by atomic mass is 16.2. The van der Waals surface area contributed by atoms with Crippen LogP contribution in [0, 0.1) is 0 Å². The Morgan fingerprint density at radius 2 is 1.91 bits per heavy atom. The average Bonchev–Trinajstić information content (AvgIpc) is 2.54. The van der Waals surface area contributed by atoms with Crippen molar-refractivity contribution in [1.82, 2.24) is 9.88 Å². The van der Waals surface area contributed by atoms with Gasteiger partial charge in [-0.25, -0.2) is 4.79 Å². The van der Waals surface area contributed by atoms with Crippen molar-refractivity contribution in [3.8, 4) is 0 Å². The zero-order valence-electron chi connectivity index (χ0n) is 13.4. The van der Waals surface area contributed by atoms with E-state index in [2.05, 4.69) is 24.1 Å². The fraction of sp³-hybridized carbons (Fsp3) is 0.333. The molecule has 0 fully saturated rings. The van der Waals surface area contributed by atoms with Gasteiger partial charge < -0.3 is 10.2 Å². The van der Waals surface area contributed by atoms with E-state index in [1.165, 1.54) is 5.56 Å². The smallest absolute Gasteiger partial charge is 0.321 e. The van der Waals surface area contributed by atoms with Gasteiger partial charge in [-0.05, 0) is 35.7 Å². The number of nitrogens with one attached hydrogen (secondary N) is 1. The maximum Gasteiger partial charge on any atom is 0.321 e. The standard InChI is InChI=1S/C18H23N3O/c1-14(2)15-7-9-17(10-8-15)20-18(22)21(3)13-11-16-6-4-5-12-19-16/h4-10,12,14H,11,13H2,1-3H3,(H,20,22). The fourth-order valence-corrected chi connectivity index (χ4v) is 2.10. The lowest BCUT2D eigenvalue weighted by atomic mass is 10.0. The lowest BCUT2D eigenvalue weighted by Gasteiger charge is -2.18. The number of urea groups is 1. The number of anilines is 1. The Bertz CT molecular complexity index is 593. The summed E-state index contributed by atoms with van der Waals surface area (Å²) in [6.45, 7) is 4.94.